The van der Waals surface area contributed by atoms with Crippen molar-refractivity contribution in [2.75, 3.05) is 20.4 Å². The van der Waals surface area contributed by atoms with Crippen molar-refractivity contribution < 1.29 is 18.7 Å². The number of ether oxygens (including phenoxy) is 2. The molecule has 0 amide bonds. The number of aryl methyl sites for hydroxylation is 2. The minimum absolute atomic E-state index is 0.147. The minimum Gasteiger partial charge on any atom is -0.476 e. The van der Waals surface area contributed by atoms with Crippen LogP contribution in [0.25, 0.3) is 11.0 Å². The van der Waals surface area contributed by atoms with Gasteiger partial charge in [0.2, 0.25) is 0 Å². The van der Waals surface area contributed by atoms with Gasteiger partial charge in [0.05, 0.1) is 36.0 Å². The Morgan fingerprint density at radius 1 is 1.37 bits per heavy atom. The zero-order valence-corrected chi connectivity index (χ0v) is 17.6. The summed E-state index contributed by atoms with van der Waals surface area (Å²) in [6, 6.07) is 1.73. The topological polar surface area (TPSA) is 86.8 Å². The number of halogens is 1. The van der Waals surface area contributed by atoms with Gasteiger partial charge in [-0.05, 0) is 25.0 Å². The first kappa shape index (κ1) is 20.4. The second-order valence-corrected chi connectivity index (χ2v) is 7.68. The summed E-state index contributed by atoms with van der Waals surface area (Å²) < 4.78 is 18.3. The Morgan fingerprint density at radius 3 is 2.93 bits per heavy atom. The molecule has 0 aliphatic carbocycles. The fraction of sp³-hybridized carbons (Fsp3) is 0.381. The number of methoxy groups -OCH3 is 1. The number of esters is 1. The molecule has 158 valence electrons. The maximum Gasteiger partial charge on any atom is 0.340 e. The highest BCUT2D eigenvalue weighted by Crippen LogP contribution is 2.39. The van der Waals surface area contributed by atoms with Crippen LogP contribution < -0.4 is 10.4 Å². The number of benzene rings is 1. The van der Waals surface area contributed by atoms with Gasteiger partial charge in [0.1, 0.15) is 18.1 Å². The maximum absolute atomic E-state index is 12.6. The van der Waals surface area contributed by atoms with Crippen LogP contribution in [0.15, 0.2) is 34.0 Å². The molecule has 0 bridgehead atoms. The fourth-order valence-electron chi connectivity index (χ4n) is 3.72. The van der Waals surface area contributed by atoms with E-state index in [1.165, 1.54) is 7.11 Å². The lowest BCUT2D eigenvalue weighted by Crippen LogP contribution is -2.33. The minimum atomic E-state index is -0.549. The van der Waals surface area contributed by atoms with E-state index in [0.717, 1.165) is 25.1 Å². The molecule has 0 spiro atoms. The number of fused-ring (bicyclic) bond motifs is 3. The molecule has 3 heterocycles. The molecule has 3 aromatic rings. The van der Waals surface area contributed by atoms with Gasteiger partial charge < -0.3 is 18.5 Å². The molecule has 0 fully saturated rings. The first-order valence-electron chi connectivity index (χ1n) is 9.63. The summed E-state index contributed by atoms with van der Waals surface area (Å²) >= 11 is 6.47. The van der Waals surface area contributed by atoms with Gasteiger partial charge in [-0.3, -0.25) is 9.69 Å². The van der Waals surface area contributed by atoms with E-state index in [-0.39, 0.29) is 12.0 Å². The van der Waals surface area contributed by atoms with Crippen molar-refractivity contribution in [3.8, 4) is 5.75 Å². The first-order chi connectivity index (χ1) is 14.5. The van der Waals surface area contributed by atoms with Crippen LogP contribution >= 0.6 is 11.6 Å². The van der Waals surface area contributed by atoms with Gasteiger partial charge in [-0.15, -0.1) is 0 Å². The van der Waals surface area contributed by atoms with E-state index in [0.29, 0.717) is 40.6 Å². The average molecular weight is 432 g/mol. The van der Waals surface area contributed by atoms with E-state index in [2.05, 4.69) is 9.88 Å². The van der Waals surface area contributed by atoms with Crippen LogP contribution in [-0.2, 0) is 29.0 Å². The van der Waals surface area contributed by atoms with Crippen molar-refractivity contribution in [1.29, 1.82) is 0 Å². The van der Waals surface area contributed by atoms with Gasteiger partial charge in [0.25, 0.3) is 0 Å². The molecule has 0 saturated carbocycles. The number of hydrogen-bond donors (Lipinski definition) is 0. The third-order valence-electron chi connectivity index (χ3n) is 5.35. The van der Waals surface area contributed by atoms with Crippen LogP contribution in [0.5, 0.6) is 5.75 Å². The molecule has 0 atom stereocenters. The highest BCUT2D eigenvalue weighted by atomic mass is 35.5. The third-order valence-corrected chi connectivity index (χ3v) is 5.63. The van der Waals surface area contributed by atoms with E-state index in [9.17, 15) is 9.59 Å². The van der Waals surface area contributed by atoms with E-state index in [1.807, 2.05) is 10.8 Å². The molecule has 4 rings (SSSR count). The molecule has 2 aromatic heterocycles. The molecule has 8 nitrogen and oxygen atoms in total. The summed E-state index contributed by atoms with van der Waals surface area (Å²) in [6.07, 6.45) is 6.25. The predicted molar refractivity (Wildman–Crippen MR) is 111 cm³/mol. The molecule has 0 saturated heterocycles. The molecule has 0 unspecified atom stereocenters. The van der Waals surface area contributed by atoms with Crippen molar-refractivity contribution in [2.45, 2.75) is 32.9 Å². The lowest BCUT2D eigenvalue weighted by atomic mass is 10.00. The summed E-state index contributed by atoms with van der Waals surface area (Å²) in [6.45, 7) is 4.40. The van der Waals surface area contributed by atoms with Crippen molar-refractivity contribution in [3.05, 3.63) is 56.9 Å². The maximum atomic E-state index is 12.6. The van der Waals surface area contributed by atoms with Crippen LogP contribution in [0.3, 0.4) is 0 Å². The van der Waals surface area contributed by atoms with Crippen molar-refractivity contribution in [2.24, 2.45) is 0 Å². The monoisotopic (exact) mass is 431 g/mol. The van der Waals surface area contributed by atoms with Crippen LogP contribution in [0.1, 0.15) is 23.1 Å². The second kappa shape index (κ2) is 8.49. The van der Waals surface area contributed by atoms with Crippen LogP contribution in [-0.4, -0.2) is 40.8 Å². The predicted octanol–water partition coefficient (Wildman–Crippen LogP) is 2.91. The number of aromatic nitrogens is 2. The number of rotatable bonds is 6. The van der Waals surface area contributed by atoms with Gasteiger partial charge in [0.15, 0.2) is 0 Å². The number of imidazole rings is 1. The number of carbonyl (C=O) groups is 1. The molecule has 0 N–H and O–H groups in total. The quantitative estimate of drug-likeness (QED) is 0.438. The third kappa shape index (κ3) is 3.93. The SMILES string of the molecule is COC(=O)Cc1c(C)c2cc(Cl)c3c(c2oc1=O)CN(CCCn1ccnc1)CO3. The fourth-order valence-corrected chi connectivity index (χ4v) is 4.00. The summed E-state index contributed by atoms with van der Waals surface area (Å²) in [5, 5.41) is 1.15. The van der Waals surface area contributed by atoms with Gasteiger partial charge in [0, 0.05) is 37.4 Å². The zero-order valence-electron chi connectivity index (χ0n) is 16.8. The van der Waals surface area contributed by atoms with E-state index >= 15 is 0 Å². The van der Waals surface area contributed by atoms with E-state index in [1.54, 1.807) is 25.5 Å². The van der Waals surface area contributed by atoms with E-state index in [4.69, 9.17) is 25.5 Å². The van der Waals surface area contributed by atoms with Gasteiger partial charge in [-0.1, -0.05) is 11.6 Å². The Bertz CT molecular complexity index is 1140. The Labute approximate surface area is 178 Å². The van der Waals surface area contributed by atoms with Crippen molar-refractivity contribution >= 4 is 28.5 Å². The Balaban J connectivity index is 1.64. The molecule has 0 radical (unpaired) electrons. The Kier molecular flexibility index (Phi) is 5.78. The largest absolute Gasteiger partial charge is 0.476 e. The van der Waals surface area contributed by atoms with Gasteiger partial charge >= 0.3 is 11.6 Å². The van der Waals surface area contributed by atoms with Crippen LogP contribution in [0.4, 0.5) is 0 Å². The highest BCUT2D eigenvalue weighted by Gasteiger charge is 2.26. The summed E-state index contributed by atoms with van der Waals surface area (Å²) in [4.78, 5) is 30.5. The first-order valence-corrected chi connectivity index (χ1v) is 10.0. The van der Waals surface area contributed by atoms with E-state index < -0.39 is 11.6 Å². The lowest BCUT2D eigenvalue weighted by Gasteiger charge is -2.30. The highest BCUT2D eigenvalue weighted by molar-refractivity contribution is 6.33. The van der Waals surface area contributed by atoms with Crippen LogP contribution in [0.2, 0.25) is 5.02 Å². The summed E-state index contributed by atoms with van der Waals surface area (Å²) in [5.74, 6) is 0.0412. The van der Waals surface area contributed by atoms with Crippen molar-refractivity contribution in [3.63, 3.8) is 0 Å². The second-order valence-electron chi connectivity index (χ2n) is 7.27. The molecule has 1 aliphatic rings. The Morgan fingerprint density at radius 2 is 2.20 bits per heavy atom. The van der Waals surface area contributed by atoms with Crippen molar-refractivity contribution in [1.82, 2.24) is 14.5 Å². The zero-order chi connectivity index (χ0) is 21.3. The number of carbonyl (C=O) groups excluding carboxylic acids is 1. The average Bonchev–Trinajstić information content (AvgIpc) is 3.25. The number of nitrogens with zero attached hydrogens (tertiary/aromatic N) is 3. The molecule has 9 heteroatoms. The standard InChI is InChI=1S/C21H22ClN3O5/c1-13-14-8-17(22)20-16(19(14)30-21(27)15(13)9-18(26)28-2)10-25(12-29-20)6-3-5-24-7-4-23-11-24/h4,7-8,11H,3,5-6,9-10,12H2,1-2H3. The van der Waals surface area contributed by atoms with Gasteiger partial charge in [-0.2, -0.15) is 0 Å². The van der Waals surface area contributed by atoms with Crippen LogP contribution in [0, 0.1) is 6.92 Å². The number of hydrogen-bond acceptors (Lipinski definition) is 7. The summed E-state index contributed by atoms with van der Waals surface area (Å²) in [5.41, 5.74) is 1.58. The van der Waals surface area contributed by atoms with Gasteiger partial charge in [-0.25, -0.2) is 9.78 Å². The Hall–Kier alpha value is -2.84. The molecule has 1 aliphatic heterocycles. The molecular formula is C21H22ClN3O5. The normalized spacial score (nSPS) is 13.8. The molecule has 1 aromatic carbocycles. The smallest absolute Gasteiger partial charge is 0.340 e. The summed E-state index contributed by atoms with van der Waals surface area (Å²) in [7, 11) is 1.28. The lowest BCUT2D eigenvalue weighted by molar-refractivity contribution is -0.139. The molecule has 30 heavy (non-hydrogen) atoms. The molecular weight excluding hydrogens is 410 g/mol.